The second-order valence-electron chi connectivity index (χ2n) is 4.07. The number of nitrogens with one attached hydrogen (secondary N) is 1. The van der Waals surface area contributed by atoms with Gasteiger partial charge >= 0.3 is 0 Å². The first-order valence-corrected chi connectivity index (χ1v) is 5.60. The van der Waals surface area contributed by atoms with Crippen LogP contribution in [0, 0.1) is 5.92 Å². The van der Waals surface area contributed by atoms with E-state index < -0.39 is 0 Å². The highest BCUT2D eigenvalue weighted by molar-refractivity contribution is 6.30. The van der Waals surface area contributed by atoms with E-state index in [2.05, 4.69) is 5.32 Å². The SMILES string of the molecule is CC(C)C(O)CNCc1cccc(Cl)c1. The van der Waals surface area contributed by atoms with Gasteiger partial charge in [0.15, 0.2) is 0 Å². The molecule has 0 radical (unpaired) electrons. The highest BCUT2D eigenvalue weighted by atomic mass is 35.5. The first-order valence-electron chi connectivity index (χ1n) is 5.23. The molecule has 0 spiro atoms. The molecule has 0 bridgehead atoms. The molecule has 0 saturated heterocycles. The van der Waals surface area contributed by atoms with Gasteiger partial charge in [0.25, 0.3) is 0 Å². The van der Waals surface area contributed by atoms with Gasteiger partial charge in [0, 0.05) is 18.1 Å². The van der Waals surface area contributed by atoms with E-state index in [0.29, 0.717) is 6.54 Å². The largest absolute Gasteiger partial charge is 0.392 e. The van der Waals surface area contributed by atoms with Crippen molar-refractivity contribution in [2.45, 2.75) is 26.5 Å². The number of aliphatic hydroxyl groups is 1. The summed E-state index contributed by atoms with van der Waals surface area (Å²) in [6.45, 7) is 5.37. The third-order valence-corrected chi connectivity index (χ3v) is 2.58. The molecule has 0 saturated carbocycles. The van der Waals surface area contributed by atoms with Crippen LogP contribution in [0.15, 0.2) is 24.3 Å². The van der Waals surface area contributed by atoms with Crippen LogP contribution >= 0.6 is 11.6 Å². The predicted molar refractivity (Wildman–Crippen MR) is 64.0 cm³/mol. The molecule has 3 heteroatoms. The Balaban J connectivity index is 2.32. The van der Waals surface area contributed by atoms with Crippen LogP contribution in [0.2, 0.25) is 5.02 Å². The van der Waals surface area contributed by atoms with E-state index in [1.54, 1.807) is 0 Å². The summed E-state index contributed by atoms with van der Waals surface area (Å²) in [5, 5.41) is 13.5. The second kappa shape index (κ2) is 6.11. The van der Waals surface area contributed by atoms with Crippen molar-refractivity contribution >= 4 is 11.6 Å². The van der Waals surface area contributed by atoms with Gasteiger partial charge in [-0.25, -0.2) is 0 Å². The Kier molecular flexibility index (Phi) is 5.09. The van der Waals surface area contributed by atoms with Crippen molar-refractivity contribution in [1.29, 1.82) is 0 Å². The second-order valence-corrected chi connectivity index (χ2v) is 4.51. The molecule has 2 nitrogen and oxygen atoms in total. The van der Waals surface area contributed by atoms with E-state index >= 15 is 0 Å². The fraction of sp³-hybridized carbons (Fsp3) is 0.500. The molecular formula is C12H18ClNO. The molecule has 1 unspecified atom stereocenters. The van der Waals surface area contributed by atoms with Crippen LogP contribution in [0.3, 0.4) is 0 Å². The molecule has 0 fully saturated rings. The molecule has 0 aliphatic heterocycles. The molecular weight excluding hydrogens is 210 g/mol. The van der Waals surface area contributed by atoms with Gasteiger partial charge in [0.2, 0.25) is 0 Å². The minimum absolute atomic E-state index is 0.288. The van der Waals surface area contributed by atoms with Crippen molar-refractivity contribution in [2.75, 3.05) is 6.54 Å². The zero-order valence-electron chi connectivity index (χ0n) is 9.20. The maximum atomic E-state index is 9.57. The van der Waals surface area contributed by atoms with Crippen molar-refractivity contribution in [3.63, 3.8) is 0 Å². The first kappa shape index (κ1) is 12.5. The van der Waals surface area contributed by atoms with Gasteiger partial charge < -0.3 is 10.4 Å². The number of rotatable bonds is 5. The Labute approximate surface area is 96.3 Å². The molecule has 0 aliphatic rings. The third kappa shape index (κ3) is 4.65. The topological polar surface area (TPSA) is 32.3 Å². The van der Waals surface area contributed by atoms with E-state index in [0.717, 1.165) is 17.1 Å². The number of aliphatic hydroxyl groups excluding tert-OH is 1. The van der Waals surface area contributed by atoms with Crippen molar-refractivity contribution in [2.24, 2.45) is 5.92 Å². The summed E-state index contributed by atoms with van der Waals surface area (Å²) in [7, 11) is 0. The fourth-order valence-electron chi connectivity index (χ4n) is 1.25. The summed E-state index contributed by atoms with van der Waals surface area (Å²) < 4.78 is 0. The molecule has 15 heavy (non-hydrogen) atoms. The number of hydrogen-bond donors (Lipinski definition) is 2. The van der Waals surface area contributed by atoms with Crippen molar-refractivity contribution < 1.29 is 5.11 Å². The average Bonchev–Trinajstić information content (AvgIpc) is 2.17. The van der Waals surface area contributed by atoms with Gasteiger partial charge in [-0.1, -0.05) is 37.6 Å². The van der Waals surface area contributed by atoms with E-state index in [-0.39, 0.29) is 12.0 Å². The summed E-state index contributed by atoms with van der Waals surface area (Å²) in [6, 6.07) is 7.73. The van der Waals surface area contributed by atoms with Crippen LogP contribution < -0.4 is 5.32 Å². The normalized spacial score (nSPS) is 13.1. The van der Waals surface area contributed by atoms with Gasteiger partial charge in [-0.2, -0.15) is 0 Å². The van der Waals surface area contributed by atoms with E-state index in [9.17, 15) is 5.11 Å². The molecule has 1 aromatic rings. The van der Waals surface area contributed by atoms with Crippen LogP contribution in [0.4, 0.5) is 0 Å². The molecule has 0 amide bonds. The summed E-state index contributed by atoms with van der Waals surface area (Å²) >= 11 is 5.86. The first-order chi connectivity index (χ1) is 7.09. The quantitative estimate of drug-likeness (QED) is 0.810. The number of benzene rings is 1. The van der Waals surface area contributed by atoms with Gasteiger partial charge in [0.1, 0.15) is 0 Å². The third-order valence-electron chi connectivity index (χ3n) is 2.34. The Morgan fingerprint density at radius 3 is 2.73 bits per heavy atom. The van der Waals surface area contributed by atoms with E-state index in [1.165, 1.54) is 0 Å². The average molecular weight is 228 g/mol. The Hall–Kier alpha value is -0.570. The highest BCUT2D eigenvalue weighted by Crippen LogP contribution is 2.10. The van der Waals surface area contributed by atoms with Crippen LogP contribution in [0.1, 0.15) is 19.4 Å². The van der Waals surface area contributed by atoms with Crippen molar-refractivity contribution in [3.05, 3.63) is 34.9 Å². The molecule has 1 aromatic carbocycles. The Morgan fingerprint density at radius 1 is 1.40 bits per heavy atom. The number of halogens is 1. The lowest BCUT2D eigenvalue weighted by Gasteiger charge is -2.15. The lowest BCUT2D eigenvalue weighted by Crippen LogP contribution is -2.30. The molecule has 84 valence electrons. The predicted octanol–water partition coefficient (Wildman–Crippen LogP) is 2.45. The van der Waals surface area contributed by atoms with Gasteiger partial charge in [-0.15, -0.1) is 0 Å². The number of hydrogen-bond acceptors (Lipinski definition) is 2. The zero-order valence-corrected chi connectivity index (χ0v) is 9.96. The maximum Gasteiger partial charge on any atom is 0.0687 e. The highest BCUT2D eigenvalue weighted by Gasteiger charge is 2.07. The van der Waals surface area contributed by atoms with Crippen molar-refractivity contribution in [1.82, 2.24) is 5.32 Å². The summed E-state index contributed by atoms with van der Waals surface area (Å²) in [5.41, 5.74) is 1.14. The monoisotopic (exact) mass is 227 g/mol. The molecule has 0 aliphatic carbocycles. The molecule has 1 atom stereocenters. The lowest BCUT2D eigenvalue weighted by atomic mass is 10.1. The maximum absolute atomic E-state index is 9.57. The summed E-state index contributed by atoms with van der Waals surface area (Å²) in [4.78, 5) is 0. The standard InChI is InChI=1S/C12H18ClNO/c1-9(2)12(15)8-14-7-10-4-3-5-11(13)6-10/h3-6,9,12,14-15H,7-8H2,1-2H3. The smallest absolute Gasteiger partial charge is 0.0687 e. The van der Waals surface area contributed by atoms with Crippen molar-refractivity contribution in [3.8, 4) is 0 Å². The summed E-state index contributed by atoms with van der Waals surface area (Å²) in [6.07, 6.45) is -0.288. The fourth-order valence-corrected chi connectivity index (χ4v) is 1.46. The minimum atomic E-state index is -0.288. The molecule has 0 aromatic heterocycles. The van der Waals surface area contributed by atoms with Crippen LogP contribution in [0.5, 0.6) is 0 Å². The van der Waals surface area contributed by atoms with Gasteiger partial charge in [-0.3, -0.25) is 0 Å². The zero-order chi connectivity index (χ0) is 11.3. The van der Waals surface area contributed by atoms with Gasteiger partial charge in [0.05, 0.1) is 6.10 Å². The summed E-state index contributed by atoms with van der Waals surface area (Å²) in [5.74, 6) is 0.289. The molecule has 0 heterocycles. The van der Waals surface area contributed by atoms with E-state index in [4.69, 9.17) is 11.6 Å². The molecule has 2 N–H and O–H groups in total. The van der Waals surface area contributed by atoms with E-state index in [1.807, 2.05) is 38.1 Å². The van der Waals surface area contributed by atoms with Crippen LogP contribution in [0.25, 0.3) is 0 Å². The van der Waals surface area contributed by atoms with Crippen LogP contribution in [-0.2, 0) is 6.54 Å². The van der Waals surface area contributed by atoms with Crippen LogP contribution in [-0.4, -0.2) is 17.8 Å². The minimum Gasteiger partial charge on any atom is -0.392 e. The Morgan fingerprint density at radius 2 is 2.13 bits per heavy atom. The van der Waals surface area contributed by atoms with Gasteiger partial charge in [-0.05, 0) is 23.6 Å². The Bertz CT molecular complexity index is 301. The lowest BCUT2D eigenvalue weighted by molar-refractivity contribution is 0.123. The molecule has 1 rings (SSSR count).